The number of carbonyl (C=O) groups excluding carboxylic acids is 1. The first-order valence-corrected chi connectivity index (χ1v) is 9.93. The van der Waals surface area contributed by atoms with E-state index in [4.69, 9.17) is 0 Å². The fraction of sp³-hybridized carbons (Fsp3) is 0.316. The number of rotatable bonds is 4. The molecule has 1 aliphatic rings. The zero-order chi connectivity index (χ0) is 19.7. The Kier molecular flexibility index (Phi) is 5.03. The van der Waals surface area contributed by atoms with Gasteiger partial charge >= 0.3 is 6.18 Å². The van der Waals surface area contributed by atoms with Gasteiger partial charge in [-0.3, -0.25) is 4.79 Å². The summed E-state index contributed by atoms with van der Waals surface area (Å²) in [6.45, 7) is 0. The van der Waals surface area contributed by atoms with Gasteiger partial charge in [-0.2, -0.15) is 13.2 Å². The minimum atomic E-state index is -4.55. The number of anilines is 1. The normalized spacial score (nSPS) is 16.9. The van der Waals surface area contributed by atoms with E-state index < -0.39 is 32.2 Å². The Balaban J connectivity index is 1.96. The summed E-state index contributed by atoms with van der Waals surface area (Å²) in [5.41, 5.74) is -0.990. The molecule has 0 saturated heterocycles. The SMILES string of the molecule is O=C(Nc1cccc(C(F)(F)F)c1)C1(S(=O)(=O)c2ccccc2)CCCC1. The van der Waals surface area contributed by atoms with Gasteiger partial charge in [0, 0.05) is 5.69 Å². The molecule has 0 radical (unpaired) electrons. The van der Waals surface area contributed by atoms with Crippen LogP contribution < -0.4 is 5.32 Å². The predicted molar refractivity (Wildman–Crippen MR) is 94.9 cm³/mol. The molecule has 2 aromatic rings. The lowest BCUT2D eigenvalue weighted by Gasteiger charge is -2.27. The summed E-state index contributed by atoms with van der Waals surface area (Å²) < 4.78 is 63.3. The van der Waals surface area contributed by atoms with E-state index in [1.54, 1.807) is 18.2 Å². The van der Waals surface area contributed by atoms with E-state index in [0.29, 0.717) is 12.8 Å². The Morgan fingerprint density at radius 2 is 1.59 bits per heavy atom. The van der Waals surface area contributed by atoms with Crippen LogP contribution in [0.5, 0.6) is 0 Å². The van der Waals surface area contributed by atoms with Crippen LogP contribution in [0.4, 0.5) is 18.9 Å². The van der Waals surface area contributed by atoms with Crippen molar-refractivity contribution in [3.63, 3.8) is 0 Å². The van der Waals surface area contributed by atoms with Gasteiger partial charge in [0.15, 0.2) is 14.6 Å². The molecule has 1 saturated carbocycles. The Hall–Kier alpha value is -2.35. The summed E-state index contributed by atoms with van der Waals surface area (Å²) in [6.07, 6.45) is -3.17. The van der Waals surface area contributed by atoms with Crippen molar-refractivity contribution < 1.29 is 26.4 Å². The molecule has 3 rings (SSSR count). The van der Waals surface area contributed by atoms with Crippen molar-refractivity contribution in [3.05, 3.63) is 60.2 Å². The van der Waals surface area contributed by atoms with Crippen LogP contribution in [0.2, 0.25) is 0 Å². The van der Waals surface area contributed by atoms with Gasteiger partial charge in [0.05, 0.1) is 10.5 Å². The number of benzene rings is 2. The topological polar surface area (TPSA) is 63.2 Å². The maximum Gasteiger partial charge on any atom is 0.416 e. The summed E-state index contributed by atoms with van der Waals surface area (Å²) in [5, 5.41) is 2.39. The largest absolute Gasteiger partial charge is 0.416 e. The van der Waals surface area contributed by atoms with Crippen molar-refractivity contribution in [2.45, 2.75) is 41.5 Å². The number of hydrogen-bond donors (Lipinski definition) is 1. The molecule has 4 nitrogen and oxygen atoms in total. The van der Waals surface area contributed by atoms with Crippen LogP contribution in [-0.4, -0.2) is 19.1 Å². The van der Waals surface area contributed by atoms with E-state index in [1.165, 1.54) is 24.3 Å². The number of carbonyl (C=O) groups is 1. The molecule has 0 heterocycles. The highest BCUT2D eigenvalue weighted by molar-refractivity contribution is 7.93. The molecule has 144 valence electrons. The number of amides is 1. The van der Waals surface area contributed by atoms with Crippen LogP contribution in [0.25, 0.3) is 0 Å². The predicted octanol–water partition coefficient (Wildman–Crippen LogP) is 4.43. The van der Waals surface area contributed by atoms with Crippen LogP contribution in [0.15, 0.2) is 59.5 Å². The highest BCUT2D eigenvalue weighted by atomic mass is 32.2. The summed E-state index contributed by atoms with van der Waals surface area (Å²) in [7, 11) is -3.99. The molecule has 0 aromatic heterocycles. The molecule has 1 fully saturated rings. The van der Waals surface area contributed by atoms with E-state index in [2.05, 4.69) is 5.32 Å². The molecular formula is C19H18F3NO3S. The van der Waals surface area contributed by atoms with Gasteiger partial charge in [0.25, 0.3) is 0 Å². The first-order valence-electron chi connectivity index (χ1n) is 8.45. The summed E-state index contributed by atoms with van der Waals surface area (Å²) in [6, 6.07) is 11.8. The second kappa shape index (κ2) is 6.99. The van der Waals surface area contributed by atoms with Crippen LogP contribution in [0, 0.1) is 0 Å². The fourth-order valence-corrected chi connectivity index (χ4v) is 5.50. The van der Waals surface area contributed by atoms with Crippen molar-refractivity contribution in [2.24, 2.45) is 0 Å². The Morgan fingerprint density at radius 3 is 2.19 bits per heavy atom. The van der Waals surface area contributed by atoms with E-state index >= 15 is 0 Å². The molecule has 27 heavy (non-hydrogen) atoms. The van der Waals surface area contributed by atoms with Crippen LogP contribution in [0.1, 0.15) is 31.2 Å². The molecule has 1 N–H and O–H groups in total. The van der Waals surface area contributed by atoms with Gasteiger partial charge in [-0.05, 0) is 43.2 Å². The van der Waals surface area contributed by atoms with E-state index in [-0.39, 0.29) is 23.4 Å². The molecule has 1 amide bonds. The van der Waals surface area contributed by atoms with E-state index in [0.717, 1.165) is 12.1 Å². The van der Waals surface area contributed by atoms with Crippen molar-refractivity contribution in [3.8, 4) is 0 Å². The molecule has 8 heteroatoms. The van der Waals surface area contributed by atoms with Crippen molar-refractivity contribution in [1.29, 1.82) is 0 Å². The molecule has 0 atom stereocenters. The summed E-state index contributed by atoms with van der Waals surface area (Å²) >= 11 is 0. The third-order valence-corrected chi connectivity index (χ3v) is 7.36. The lowest BCUT2D eigenvalue weighted by atomic mass is 10.1. The first-order chi connectivity index (χ1) is 12.7. The summed E-state index contributed by atoms with van der Waals surface area (Å²) in [4.78, 5) is 13.0. The number of nitrogens with one attached hydrogen (secondary N) is 1. The molecule has 0 unspecified atom stereocenters. The maximum absolute atomic E-state index is 13.2. The average molecular weight is 397 g/mol. The molecule has 1 aliphatic carbocycles. The van der Waals surface area contributed by atoms with E-state index in [1.807, 2.05) is 0 Å². The zero-order valence-corrected chi connectivity index (χ0v) is 15.1. The smallest absolute Gasteiger partial charge is 0.325 e. The number of alkyl halides is 3. The third kappa shape index (κ3) is 3.58. The Bertz CT molecular complexity index is 934. The van der Waals surface area contributed by atoms with Gasteiger partial charge < -0.3 is 5.32 Å². The monoisotopic (exact) mass is 397 g/mol. The van der Waals surface area contributed by atoms with Crippen LogP contribution in [-0.2, 0) is 20.8 Å². The van der Waals surface area contributed by atoms with E-state index in [9.17, 15) is 26.4 Å². The maximum atomic E-state index is 13.2. The quantitative estimate of drug-likeness (QED) is 0.830. The number of halogens is 3. The second-order valence-electron chi connectivity index (χ2n) is 6.55. The average Bonchev–Trinajstić information content (AvgIpc) is 3.14. The molecule has 0 bridgehead atoms. The van der Waals surface area contributed by atoms with Gasteiger partial charge in [-0.15, -0.1) is 0 Å². The van der Waals surface area contributed by atoms with Gasteiger partial charge in [0.1, 0.15) is 0 Å². The minimum absolute atomic E-state index is 0.0334. The fourth-order valence-electron chi connectivity index (χ4n) is 3.41. The molecular weight excluding hydrogens is 379 g/mol. The zero-order valence-electron chi connectivity index (χ0n) is 14.3. The van der Waals surface area contributed by atoms with Crippen molar-refractivity contribution >= 4 is 21.4 Å². The van der Waals surface area contributed by atoms with Crippen LogP contribution in [0.3, 0.4) is 0 Å². The summed E-state index contributed by atoms with van der Waals surface area (Å²) in [5.74, 6) is -0.789. The van der Waals surface area contributed by atoms with Crippen LogP contribution >= 0.6 is 0 Å². The number of sulfone groups is 1. The second-order valence-corrected chi connectivity index (χ2v) is 8.81. The van der Waals surface area contributed by atoms with Gasteiger partial charge in [0.2, 0.25) is 5.91 Å². The lowest BCUT2D eigenvalue weighted by Crippen LogP contribution is -2.47. The third-order valence-electron chi connectivity index (χ3n) is 4.84. The van der Waals surface area contributed by atoms with Gasteiger partial charge in [-0.1, -0.05) is 37.1 Å². The molecule has 0 aliphatic heterocycles. The van der Waals surface area contributed by atoms with Crippen molar-refractivity contribution in [1.82, 2.24) is 0 Å². The van der Waals surface area contributed by atoms with Gasteiger partial charge in [-0.25, -0.2) is 8.42 Å². The molecule has 0 spiro atoms. The highest BCUT2D eigenvalue weighted by Gasteiger charge is 2.53. The minimum Gasteiger partial charge on any atom is -0.325 e. The Labute approximate surface area is 155 Å². The first kappa shape index (κ1) is 19.4. The lowest BCUT2D eigenvalue weighted by molar-refractivity contribution is -0.137. The highest BCUT2D eigenvalue weighted by Crippen LogP contribution is 2.41. The standard InChI is InChI=1S/C19H18F3NO3S/c20-19(21,22)14-7-6-8-15(13-14)23-17(24)18(11-4-5-12-18)27(25,26)16-9-2-1-3-10-16/h1-3,6-10,13H,4-5,11-12H2,(H,23,24). The number of hydrogen-bond acceptors (Lipinski definition) is 3. The van der Waals surface area contributed by atoms with Crippen molar-refractivity contribution in [2.75, 3.05) is 5.32 Å². The molecule has 2 aromatic carbocycles. The Morgan fingerprint density at radius 1 is 0.963 bits per heavy atom.